The smallest absolute Gasteiger partial charge is 0.254 e. The van der Waals surface area contributed by atoms with Gasteiger partial charge in [-0.15, -0.1) is 0 Å². The van der Waals surface area contributed by atoms with Crippen molar-refractivity contribution in [2.24, 2.45) is 0 Å². The molecule has 0 aromatic carbocycles. The molecule has 3 heterocycles. The van der Waals surface area contributed by atoms with Crippen LogP contribution in [0.5, 0.6) is 0 Å². The van der Waals surface area contributed by atoms with Crippen LogP contribution in [0.15, 0.2) is 16.0 Å². The zero-order valence-electron chi connectivity index (χ0n) is 12.1. The first-order valence-electron chi connectivity index (χ1n) is 7.30. The Kier molecular flexibility index (Phi) is 4.30. The third-order valence-corrected chi connectivity index (χ3v) is 4.98. The van der Waals surface area contributed by atoms with Gasteiger partial charge in [-0.05, 0) is 6.42 Å². The van der Waals surface area contributed by atoms with Gasteiger partial charge in [-0.1, -0.05) is 18.7 Å². The number of thioether (sulfide) groups is 1. The molecule has 1 aromatic rings. The van der Waals surface area contributed by atoms with Crippen LogP contribution in [0, 0.1) is 0 Å². The Labute approximate surface area is 127 Å². The van der Waals surface area contributed by atoms with Gasteiger partial charge in [-0.2, -0.15) is 0 Å². The standard InChI is InChI=1S/C14H19N3O3S/c1-2-10-7-13(19)17-11(9-21-14(17)15-10)8-12(18)16-3-5-20-6-4-16/h7,11H,2-6,8-9H2,1H3/t11-/m1/s1. The highest BCUT2D eigenvalue weighted by molar-refractivity contribution is 7.99. The molecule has 6 nitrogen and oxygen atoms in total. The largest absolute Gasteiger partial charge is 0.378 e. The monoisotopic (exact) mass is 309 g/mol. The Bertz CT molecular complexity index is 596. The molecule has 1 aromatic heterocycles. The predicted molar refractivity (Wildman–Crippen MR) is 79.7 cm³/mol. The summed E-state index contributed by atoms with van der Waals surface area (Å²) >= 11 is 1.56. The van der Waals surface area contributed by atoms with E-state index in [9.17, 15) is 9.59 Å². The van der Waals surface area contributed by atoms with Crippen LogP contribution in [0.25, 0.3) is 0 Å². The highest BCUT2D eigenvalue weighted by Crippen LogP contribution is 2.32. The Morgan fingerprint density at radius 2 is 2.24 bits per heavy atom. The molecule has 2 aliphatic rings. The summed E-state index contributed by atoms with van der Waals surface area (Å²) in [6.07, 6.45) is 1.12. The molecule has 0 N–H and O–H groups in total. The van der Waals surface area contributed by atoms with E-state index in [2.05, 4.69) is 4.98 Å². The number of aromatic nitrogens is 2. The van der Waals surface area contributed by atoms with Gasteiger partial charge in [-0.3, -0.25) is 14.2 Å². The first kappa shape index (κ1) is 14.6. The molecule has 1 fully saturated rings. The normalized spacial score (nSPS) is 21.4. The van der Waals surface area contributed by atoms with Crippen molar-refractivity contribution in [3.8, 4) is 0 Å². The number of hydrogen-bond donors (Lipinski definition) is 0. The van der Waals surface area contributed by atoms with Gasteiger partial charge in [0.05, 0.1) is 19.3 Å². The number of hydrogen-bond acceptors (Lipinski definition) is 5. The number of fused-ring (bicyclic) bond motifs is 1. The SMILES string of the molecule is CCc1cc(=O)n2c(n1)SC[C@H]2CC(=O)N1CCOCC1. The van der Waals surface area contributed by atoms with Gasteiger partial charge in [-0.25, -0.2) is 4.98 Å². The van der Waals surface area contributed by atoms with Crippen LogP contribution in [-0.4, -0.2) is 52.4 Å². The first-order valence-corrected chi connectivity index (χ1v) is 8.28. The highest BCUT2D eigenvalue weighted by atomic mass is 32.2. The van der Waals surface area contributed by atoms with Crippen molar-refractivity contribution >= 4 is 17.7 Å². The number of rotatable bonds is 3. The summed E-state index contributed by atoms with van der Waals surface area (Å²) < 4.78 is 6.94. The molecule has 0 radical (unpaired) electrons. The third-order valence-electron chi connectivity index (χ3n) is 3.88. The molecule has 0 saturated carbocycles. The van der Waals surface area contributed by atoms with E-state index in [1.165, 1.54) is 0 Å². The second-order valence-corrected chi connectivity index (χ2v) is 6.24. The molecule has 1 amide bonds. The number of amides is 1. The molecule has 0 spiro atoms. The van der Waals surface area contributed by atoms with Gasteiger partial charge in [0, 0.05) is 37.0 Å². The minimum atomic E-state index is -0.0775. The molecule has 1 atom stereocenters. The van der Waals surface area contributed by atoms with Crippen LogP contribution in [0.1, 0.15) is 25.1 Å². The zero-order chi connectivity index (χ0) is 14.8. The lowest BCUT2D eigenvalue weighted by molar-refractivity contribution is -0.136. The topological polar surface area (TPSA) is 64.4 Å². The van der Waals surface area contributed by atoms with Crippen molar-refractivity contribution in [2.75, 3.05) is 32.1 Å². The molecule has 7 heteroatoms. The fraction of sp³-hybridized carbons (Fsp3) is 0.643. The van der Waals surface area contributed by atoms with Crippen molar-refractivity contribution in [3.63, 3.8) is 0 Å². The van der Waals surface area contributed by atoms with Crippen molar-refractivity contribution in [1.82, 2.24) is 14.5 Å². The number of aryl methyl sites for hydroxylation is 1. The van der Waals surface area contributed by atoms with Crippen LogP contribution >= 0.6 is 11.8 Å². The number of ether oxygens (including phenoxy) is 1. The molecule has 0 aliphatic carbocycles. The summed E-state index contributed by atoms with van der Waals surface area (Å²) in [6.45, 7) is 4.48. The minimum absolute atomic E-state index is 0.0402. The fourth-order valence-corrected chi connectivity index (χ4v) is 3.84. The van der Waals surface area contributed by atoms with Gasteiger partial charge >= 0.3 is 0 Å². The highest BCUT2D eigenvalue weighted by Gasteiger charge is 2.29. The molecule has 114 valence electrons. The van der Waals surface area contributed by atoms with Crippen molar-refractivity contribution in [3.05, 3.63) is 22.1 Å². The maximum Gasteiger partial charge on any atom is 0.254 e. The second kappa shape index (κ2) is 6.19. The van der Waals surface area contributed by atoms with Gasteiger partial charge in [0.25, 0.3) is 5.56 Å². The van der Waals surface area contributed by atoms with Crippen LogP contribution in [0.4, 0.5) is 0 Å². The van der Waals surface area contributed by atoms with E-state index in [4.69, 9.17) is 4.74 Å². The summed E-state index contributed by atoms with van der Waals surface area (Å²) in [6, 6.07) is 1.51. The first-order chi connectivity index (χ1) is 10.2. The minimum Gasteiger partial charge on any atom is -0.378 e. The number of nitrogens with zero attached hydrogens (tertiary/aromatic N) is 3. The maximum atomic E-state index is 12.3. The summed E-state index contributed by atoms with van der Waals surface area (Å²) in [7, 11) is 0. The van der Waals surface area contributed by atoms with E-state index >= 15 is 0 Å². The summed E-state index contributed by atoms with van der Waals surface area (Å²) in [4.78, 5) is 30.9. The Morgan fingerprint density at radius 3 is 2.95 bits per heavy atom. The van der Waals surface area contributed by atoms with E-state index in [1.54, 1.807) is 22.4 Å². The van der Waals surface area contributed by atoms with E-state index in [-0.39, 0.29) is 17.5 Å². The van der Waals surface area contributed by atoms with Crippen LogP contribution < -0.4 is 5.56 Å². The Morgan fingerprint density at radius 1 is 1.48 bits per heavy atom. The predicted octanol–water partition coefficient (Wildman–Crippen LogP) is 0.701. The molecular formula is C14H19N3O3S. The summed E-state index contributed by atoms with van der Waals surface area (Å²) in [5.41, 5.74) is 0.778. The van der Waals surface area contributed by atoms with Crippen LogP contribution in [0.3, 0.4) is 0 Å². The quantitative estimate of drug-likeness (QED) is 0.769. The van der Waals surface area contributed by atoms with E-state index < -0.39 is 0 Å². The number of morpholine rings is 1. The molecule has 0 unspecified atom stereocenters. The lowest BCUT2D eigenvalue weighted by atomic mass is 10.2. The molecular weight excluding hydrogens is 290 g/mol. The lowest BCUT2D eigenvalue weighted by Crippen LogP contribution is -2.42. The molecule has 0 bridgehead atoms. The lowest BCUT2D eigenvalue weighted by Gasteiger charge is -2.28. The van der Waals surface area contributed by atoms with E-state index in [0.717, 1.165) is 23.0 Å². The average Bonchev–Trinajstić information content (AvgIpc) is 2.91. The van der Waals surface area contributed by atoms with Crippen molar-refractivity contribution in [2.45, 2.75) is 31.0 Å². The summed E-state index contributed by atoms with van der Waals surface area (Å²) in [5.74, 6) is 0.842. The maximum absolute atomic E-state index is 12.3. The second-order valence-electron chi connectivity index (χ2n) is 5.25. The molecule has 1 saturated heterocycles. The average molecular weight is 309 g/mol. The van der Waals surface area contributed by atoms with E-state index in [0.29, 0.717) is 32.7 Å². The fourth-order valence-electron chi connectivity index (χ4n) is 2.67. The third kappa shape index (κ3) is 2.98. The van der Waals surface area contributed by atoms with Gasteiger partial charge in [0.1, 0.15) is 0 Å². The van der Waals surface area contributed by atoms with Crippen LogP contribution in [-0.2, 0) is 16.0 Å². The van der Waals surface area contributed by atoms with Gasteiger partial charge < -0.3 is 9.64 Å². The Hall–Kier alpha value is -1.34. The van der Waals surface area contributed by atoms with Crippen molar-refractivity contribution < 1.29 is 9.53 Å². The van der Waals surface area contributed by atoms with Gasteiger partial charge in [0.15, 0.2) is 5.16 Å². The van der Waals surface area contributed by atoms with E-state index in [1.807, 2.05) is 11.8 Å². The Balaban J connectivity index is 1.75. The molecule has 3 rings (SSSR count). The van der Waals surface area contributed by atoms with Crippen LogP contribution in [0.2, 0.25) is 0 Å². The summed E-state index contributed by atoms with van der Waals surface area (Å²) in [5, 5.41) is 0.749. The number of carbonyl (C=O) groups is 1. The van der Waals surface area contributed by atoms with Crippen molar-refractivity contribution in [1.29, 1.82) is 0 Å². The molecule has 21 heavy (non-hydrogen) atoms. The van der Waals surface area contributed by atoms with Gasteiger partial charge in [0.2, 0.25) is 5.91 Å². The molecule has 2 aliphatic heterocycles. The number of carbonyl (C=O) groups excluding carboxylic acids is 1. The zero-order valence-corrected chi connectivity index (χ0v) is 12.9.